The molecule has 1 N–H and O–H groups in total. The van der Waals surface area contributed by atoms with Gasteiger partial charge in [-0.05, 0) is 57.9 Å². The Morgan fingerprint density at radius 1 is 1.05 bits per heavy atom. The Morgan fingerprint density at radius 3 is 2.37 bits per heavy atom. The quantitative estimate of drug-likeness (QED) is 0.492. The number of benzene rings is 1. The number of carbonyl (C=O) groups is 3. The van der Waals surface area contributed by atoms with Crippen molar-refractivity contribution < 1.29 is 24.2 Å². The van der Waals surface area contributed by atoms with Crippen molar-refractivity contribution in [3.05, 3.63) is 48.6 Å². The summed E-state index contributed by atoms with van der Waals surface area (Å²) in [6, 6.07) is 6.14. The molecule has 8 nitrogen and oxygen atoms in total. The van der Waals surface area contributed by atoms with Crippen LogP contribution in [-0.4, -0.2) is 86.6 Å². The number of fused-ring (bicyclic) bond motifs is 2. The minimum atomic E-state index is -0.911. The number of aliphatic hydroxyl groups excluding tert-OH is 1. The zero-order valence-corrected chi connectivity index (χ0v) is 25.8. The number of rotatable bonds is 7. The van der Waals surface area contributed by atoms with Crippen molar-refractivity contribution in [2.75, 3.05) is 31.2 Å². The maximum atomic E-state index is 14.6. The SMILES string of the molecule is CCOc1ccc(N2CC=C[C@H]3S[C@]45C=CCN(C(C)(C)C)C(=O)C4N([C@@H](CO)[C@@H](C)CC)C(=O)[C@@H]5[C@H]3C2=O)cc1. The molecular formula is C32H43N3O5S. The van der Waals surface area contributed by atoms with E-state index in [1.165, 1.54) is 0 Å². The zero-order chi connectivity index (χ0) is 29.7. The minimum Gasteiger partial charge on any atom is -0.494 e. The fourth-order valence-corrected chi connectivity index (χ4v) is 8.97. The van der Waals surface area contributed by atoms with Crippen LogP contribution in [0.5, 0.6) is 5.75 Å². The molecule has 2 fully saturated rings. The number of nitrogens with zero attached hydrogens (tertiary/aromatic N) is 3. The summed E-state index contributed by atoms with van der Waals surface area (Å²) in [5.74, 6) is -1.09. The van der Waals surface area contributed by atoms with Crippen LogP contribution in [0.3, 0.4) is 0 Å². The van der Waals surface area contributed by atoms with Gasteiger partial charge in [0.05, 0.1) is 35.8 Å². The van der Waals surface area contributed by atoms with Gasteiger partial charge in [-0.25, -0.2) is 0 Å². The van der Waals surface area contributed by atoms with Crippen molar-refractivity contribution in [3.8, 4) is 5.75 Å². The minimum absolute atomic E-state index is 0.0196. The Hall–Kier alpha value is -2.78. The molecule has 0 bridgehead atoms. The summed E-state index contributed by atoms with van der Waals surface area (Å²) in [6.45, 7) is 13.1. The third-order valence-electron chi connectivity index (χ3n) is 9.21. The average molecular weight is 582 g/mol. The Morgan fingerprint density at radius 2 is 1.76 bits per heavy atom. The van der Waals surface area contributed by atoms with Gasteiger partial charge >= 0.3 is 0 Å². The summed E-state index contributed by atoms with van der Waals surface area (Å²) in [7, 11) is 0. The van der Waals surface area contributed by atoms with E-state index in [1.54, 1.807) is 21.6 Å². The van der Waals surface area contributed by atoms with E-state index in [4.69, 9.17) is 4.74 Å². The van der Waals surface area contributed by atoms with E-state index in [-0.39, 0.29) is 35.5 Å². The first kappa shape index (κ1) is 29.7. The van der Waals surface area contributed by atoms with Crippen molar-refractivity contribution >= 4 is 35.2 Å². The summed E-state index contributed by atoms with van der Waals surface area (Å²) >= 11 is 1.57. The molecule has 4 heterocycles. The Kier molecular flexibility index (Phi) is 8.07. The lowest BCUT2D eigenvalue weighted by Gasteiger charge is -2.43. The lowest BCUT2D eigenvalue weighted by atomic mass is 9.78. The van der Waals surface area contributed by atoms with Crippen LogP contribution in [-0.2, 0) is 14.4 Å². The van der Waals surface area contributed by atoms with E-state index in [2.05, 4.69) is 0 Å². The Balaban J connectivity index is 1.61. The summed E-state index contributed by atoms with van der Waals surface area (Å²) in [6.07, 6.45) is 8.84. The number of hydrogen-bond acceptors (Lipinski definition) is 6. The maximum Gasteiger partial charge on any atom is 0.247 e. The van der Waals surface area contributed by atoms with Crippen LogP contribution in [0, 0.1) is 17.8 Å². The molecule has 0 aliphatic carbocycles. The molecule has 41 heavy (non-hydrogen) atoms. The van der Waals surface area contributed by atoms with E-state index < -0.39 is 34.2 Å². The lowest BCUT2D eigenvalue weighted by Crippen LogP contribution is -2.60. The van der Waals surface area contributed by atoms with Crippen LogP contribution in [0.2, 0.25) is 0 Å². The highest BCUT2D eigenvalue weighted by Crippen LogP contribution is 2.62. The molecule has 1 spiro atoms. The molecule has 1 unspecified atom stereocenters. The number of likely N-dealkylation sites (tertiary alicyclic amines) is 1. The molecule has 7 atom stereocenters. The van der Waals surface area contributed by atoms with Gasteiger partial charge in [0.1, 0.15) is 11.8 Å². The third-order valence-corrected chi connectivity index (χ3v) is 11.0. The van der Waals surface area contributed by atoms with Crippen LogP contribution in [0.25, 0.3) is 0 Å². The maximum absolute atomic E-state index is 14.6. The number of hydrogen-bond donors (Lipinski definition) is 1. The van der Waals surface area contributed by atoms with E-state index in [0.717, 1.165) is 17.9 Å². The smallest absolute Gasteiger partial charge is 0.247 e. The highest BCUT2D eigenvalue weighted by atomic mass is 32.2. The molecule has 3 amide bonds. The van der Waals surface area contributed by atoms with Gasteiger partial charge in [-0.3, -0.25) is 14.4 Å². The van der Waals surface area contributed by atoms with Crippen LogP contribution >= 0.6 is 11.8 Å². The molecule has 0 aromatic heterocycles. The monoisotopic (exact) mass is 581 g/mol. The average Bonchev–Trinajstić information content (AvgIpc) is 3.24. The largest absolute Gasteiger partial charge is 0.494 e. The first-order chi connectivity index (χ1) is 19.5. The second kappa shape index (κ2) is 11.1. The molecule has 222 valence electrons. The zero-order valence-electron chi connectivity index (χ0n) is 24.9. The van der Waals surface area contributed by atoms with Gasteiger partial charge in [-0.15, -0.1) is 11.8 Å². The van der Waals surface area contributed by atoms with Gasteiger partial charge in [0.2, 0.25) is 17.7 Å². The predicted molar refractivity (Wildman–Crippen MR) is 162 cm³/mol. The standard InChI is InChI=1S/C32H43N3O5S/c1-7-20(3)23(19-36)35-27-30(39)34(31(4,5)6)18-10-16-32(27)26(29(35)38)25-24(41-32)11-9-17-33(28(25)37)21-12-14-22(15-13-21)40-8-2/h9-16,20,23-27,36H,7-8,17-19H2,1-6H3/t20-,23-,24+,25-,26-,27?,32-/m0/s1. The summed E-state index contributed by atoms with van der Waals surface area (Å²) in [4.78, 5) is 48.8. The molecule has 2 saturated heterocycles. The van der Waals surface area contributed by atoms with Crippen molar-refractivity contribution in [2.24, 2.45) is 17.8 Å². The fourth-order valence-electron chi connectivity index (χ4n) is 6.97. The van der Waals surface area contributed by atoms with E-state index in [9.17, 15) is 19.5 Å². The Labute approximate surface area is 247 Å². The molecule has 1 aromatic rings. The van der Waals surface area contributed by atoms with Gasteiger partial charge in [0.15, 0.2) is 0 Å². The third kappa shape index (κ3) is 4.79. The highest BCUT2D eigenvalue weighted by molar-refractivity contribution is 8.02. The molecule has 0 radical (unpaired) electrons. The van der Waals surface area contributed by atoms with E-state index >= 15 is 0 Å². The fraction of sp³-hybridized carbons (Fsp3) is 0.594. The number of thioether (sulfide) groups is 1. The van der Waals surface area contributed by atoms with Gasteiger partial charge in [-0.2, -0.15) is 0 Å². The second-order valence-corrected chi connectivity index (χ2v) is 14.0. The van der Waals surface area contributed by atoms with E-state index in [1.807, 2.05) is 95.0 Å². The summed E-state index contributed by atoms with van der Waals surface area (Å²) < 4.78 is 4.68. The van der Waals surface area contributed by atoms with Crippen LogP contribution in [0.15, 0.2) is 48.6 Å². The van der Waals surface area contributed by atoms with Gasteiger partial charge in [-0.1, -0.05) is 44.6 Å². The molecule has 0 saturated carbocycles. The summed E-state index contributed by atoms with van der Waals surface area (Å²) in [5.41, 5.74) is 0.284. The first-order valence-corrected chi connectivity index (χ1v) is 15.7. The predicted octanol–water partition coefficient (Wildman–Crippen LogP) is 3.89. The van der Waals surface area contributed by atoms with Gasteiger partial charge < -0.3 is 24.5 Å². The lowest BCUT2D eigenvalue weighted by molar-refractivity contribution is -0.149. The highest BCUT2D eigenvalue weighted by Gasteiger charge is 2.72. The van der Waals surface area contributed by atoms with Gasteiger partial charge in [0.25, 0.3) is 0 Å². The van der Waals surface area contributed by atoms with Crippen LogP contribution in [0.1, 0.15) is 48.0 Å². The topological polar surface area (TPSA) is 90.4 Å². The molecule has 4 aliphatic rings. The molecular weight excluding hydrogens is 538 g/mol. The molecule has 4 aliphatic heterocycles. The number of ether oxygens (including phenoxy) is 1. The van der Waals surface area contributed by atoms with Crippen molar-refractivity contribution in [1.82, 2.24) is 9.80 Å². The number of carbonyl (C=O) groups excluding carboxylic acids is 3. The van der Waals surface area contributed by atoms with Crippen molar-refractivity contribution in [3.63, 3.8) is 0 Å². The second-order valence-electron chi connectivity index (χ2n) is 12.5. The molecule has 1 aromatic carbocycles. The molecule has 5 rings (SSSR count). The number of amides is 3. The summed E-state index contributed by atoms with van der Waals surface area (Å²) in [5, 5.41) is 10.3. The van der Waals surface area contributed by atoms with Gasteiger partial charge in [0, 0.05) is 29.6 Å². The number of anilines is 1. The first-order valence-electron chi connectivity index (χ1n) is 14.8. The number of aliphatic hydroxyl groups is 1. The Bertz CT molecular complexity index is 1240. The van der Waals surface area contributed by atoms with E-state index in [0.29, 0.717) is 19.7 Å². The molecule has 9 heteroatoms. The van der Waals surface area contributed by atoms with Crippen molar-refractivity contribution in [1.29, 1.82) is 0 Å². The van der Waals surface area contributed by atoms with Crippen LogP contribution < -0.4 is 9.64 Å². The normalized spacial score (nSPS) is 31.0. The van der Waals surface area contributed by atoms with Crippen molar-refractivity contribution in [2.45, 2.75) is 75.6 Å². The van der Waals surface area contributed by atoms with Crippen LogP contribution in [0.4, 0.5) is 5.69 Å².